The number of nitrogens with zero attached hydrogens (tertiary/aromatic N) is 2. The summed E-state index contributed by atoms with van der Waals surface area (Å²) in [5, 5.41) is 3.00. The second-order valence-electron chi connectivity index (χ2n) is 6.93. The molecule has 6 heteroatoms. The number of anilines is 1. The number of carbonyl (C=O) groups excluding carboxylic acids is 1. The van der Waals surface area contributed by atoms with Crippen molar-refractivity contribution in [2.45, 2.75) is 33.4 Å². The van der Waals surface area contributed by atoms with E-state index in [1.54, 1.807) is 26.4 Å². The van der Waals surface area contributed by atoms with Crippen LogP contribution >= 0.6 is 0 Å². The number of urea groups is 1. The second kappa shape index (κ2) is 7.32. The van der Waals surface area contributed by atoms with Gasteiger partial charge in [-0.15, -0.1) is 0 Å². The van der Waals surface area contributed by atoms with E-state index in [1.165, 1.54) is 11.4 Å². The van der Waals surface area contributed by atoms with Crippen LogP contribution in [0.4, 0.5) is 10.5 Å². The second-order valence-corrected chi connectivity index (χ2v) is 6.93. The maximum absolute atomic E-state index is 13.1. The summed E-state index contributed by atoms with van der Waals surface area (Å²) < 4.78 is 12.9. The molecule has 0 spiro atoms. The number of rotatable bonds is 4. The summed E-state index contributed by atoms with van der Waals surface area (Å²) in [4.78, 5) is 15.0. The number of nitrogens with one attached hydrogen (secondary N) is 1. The number of aromatic nitrogens is 1. The van der Waals surface area contributed by atoms with E-state index >= 15 is 0 Å². The molecular formula is C20H27N3O3. The van der Waals surface area contributed by atoms with E-state index in [2.05, 4.69) is 42.8 Å². The zero-order valence-electron chi connectivity index (χ0n) is 16.1. The van der Waals surface area contributed by atoms with Crippen molar-refractivity contribution in [2.24, 2.45) is 5.92 Å². The predicted octanol–water partition coefficient (Wildman–Crippen LogP) is 4.06. The molecule has 6 nitrogen and oxygen atoms in total. The number of hydrogen-bond donors (Lipinski definition) is 1. The summed E-state index contributed by atoms with van der Waals surface area (Å²) in [5.41, 5.74) is 3.04. The summed E-state index contributed by atoms with van der Waals surface area (Å²) in [7, 11) is 3.19. The standard InChI is InChI=1S/C20H27N3O3/c1-13(2)19-17-8-6-14(3)22(17)10-11-23(19)20(24)21-16-12-15(25-4)7-9-18(16)26-5/h6-9,12-13,19H,10-11H2,1-5H3,(H,21,24). The largest absolute Gasteiger partial charge is 0.497 e. The van der Waals surface area contributed by atoms with E-state index in [0.29, 0.717) is 29.6 Å². The lowest BCUT2D eigenvalue weighted by Crippen LogP contribution is -2.46. The molecular weight excluding hydrogens is 330 g/mol. The normalized spacial score (nSPS) is 16.4. The Morgan fingerprint density at radius 3 is 2.58 bits per heavy atom. The number of carbonyl (C=O) groups is 1. The molecule has 26 heavy (non-hydrogen) atoms. The van der Waals surface area contributed by atoms with Crippen LogP contribution < -0.4 is 14.8 Å². The molecule has 1 aliphatic heterocycles. The first kappa shape index (κ1) is 18.2. The number of amides is 2. The maximum atomic E-state index is 13.1. The van der Waals surface area contributed by atoms with Crippen molar-refractivity contribution in [3.05, 3.63) is 41.7 Å². The van der Waals surface area contributed by atoms with Gasteiger partial charge in [-0.1, -0.05) is 13.8 Å². The van der Waals surface area contributed by atoms with Crippen molar-refractivity contribution < 1.29 is 14.3 Å². The van der Waals surface area contributed by atoms with Gasteiger partial charge < -0.3 is 24.3 Å². The van der Waals surface area contributed by atoms with Gasteiger partial charge in [-0.25, -0.2) is 4.79 Å². The molecule has 1 aromatic heterocycles. The van der Waals surface area contributed by atoms with Gasteiger partial charge in [0.05, 0.1) is 25.9 Å². The Balaban J connectivity index is 1.88. The molecule has 0 aliphatic carbocycles. The Labute approximate surface area is 154 Å². The van der Waals surface area contributed by atoms with Crippen LogP contribution in [0.3, 0.4) is 0 Å². The SMILES string of the molecule is COc1ccc(OC)c(NC(=O)N2CCn3c(C)ccc3C2C(C)C)c1. The third-order valence-electron chi connectivity index (χ3n) is 4.98. The van der Waals surface area contributed by atoms with Gasteiger partial charge in [-0.2, -0.15) is 0 Å². The van der Waals surface area contributed by atoms with Gasteiger partial charge in [-0.3, -0.25) is 0 Å². The minimum Gasteiger partial charge on any atom is -0.497 e. The van der Waals surface area contributed by atoms with Crippen LogP contribution in [0.2, 0.25) is 0 Å². The summed E-state index contributed by atoms with van der Waals surface area (Å²) in [6.45, 7) is 7.88. The molecule has 1 atom stereocenters. The molecule has 1 unspecified atom stereocenters. The first-order chi connectivity index (χ1) is 12.5. The van der Waals surface area contributed by atoms with Crippen LogP contribution in [0, 0.1) is 12.8 Å². The van der Waals surface area contributed by atoms with E-state index in [-0.39, 0.29) is 12.1 Å². The average Bonchev–Trinajstić information content (AvgIpc) is 3.01. The van der Waals surface area contributed by atoms with Crippen LogP contribution in [0.5, 0.6) is 11.5 Å². The zero-order chi connectivity index (χ0) is 18.8. The molecule has 0 saturated carbocycles. The summed E-state index contributed by atoms with van der Waals surface area (Å²) >= 11 is 0. The van der Waals surface area contributed by atoms with Gasteiger partial charge in [0, 0.05) is 30.5 Å². The number of benzene rings is 1. The highest BCUT2D eigenvalue weighted by molar-refractivity contribution is 5.91. The third kappa shape index (κ3) is 3.23. The molecule has 140 valence electrons. The molecule has 3 rings (SSSR count). The minimum atomic E-state index is -0.125. The van der Waals surface area contributed by atoms with Crippen molar-refractivity contribution >= 4 is 11.7 Å². The van der Waals surface area contributed by atoms with E-state index in [4.69, 9.17) is 9.47 Å². The Bertz CT molecular complexity index is 798. The lowest BCUT2D eigenvalue weighted by atomic mass is 9.97. The van der Waals surface area contributed by atoms with E-state index in [1.807, 2.05) is 11.0 Å². The quantitative estimate of drug-likeness (QED) is 0.898. The highest BCUT2D eigenvalue weighted by Crippen LogP contribution is 2.35. The van der Waals surface area contributed by atoms with E-state index < -0.39 is 0 Å². The predicted molar refractivity (Wildman–Crippen MR) is 102 cm³/mol. The van der Waals surface area contributed by atoms with Crippen LogP contribution in [-0.4, -0.2) is 36.3 Å². The van der Waals surface area contributed by atoms with Crippen molar-refractivity contribution in [3.8, 4) is 11.5 Å². The van der Waals surface area contributed by atoms with Gasteiger partial charge >= 0.3 is 6.03 Å². The zero-order valence-corrected chi connectivity index (χ0v) is 16.1. The maximum Gasteiger partial charge on any atom is 0.322 e. The topological polar surface area (TPSA) is 55.7 Å². The number of fused-ring (bicyclic) bond motifs is 1. The molecule has 1 aliphatic rings. The van der Waals surface area contributed by atoms with Crippen molar-refractivity contribution in [2.75, 3.05) is 26.1 Å². The highest BCUT2D eigenvalue weighted by Gasteiger charge is 2.34. The Hall–Kier alpha value is -2.63. The fraction of sp³-hybridized carbons (Fsp3) is 0.450. The van der Waals surface area contributed by atoms with Crippen molar-refractivity contribution in [1.29, 1.82) is 0 Å². The highest BCUT2D eigenvalue weighted by atomic mass is 16.5. The van der Waals surface area contributed by atoms with Gasteiger partial charge in [0.25, 0.3) is 0 Å². The number of hydrogen-bond acceptors (Lipinski definition) is 3. The Morgan fingerprint density at radius 1 is 1.15 bits per heavy atom. The van der Waals surface area contributed by atoms with E-state index in [9.17, 15) is 4.79 Å². The molecule has 2 amide bonds. The fourth-order valence-electron chi connectivity index (χ4n) is 3.69. The average molecular weight is 357 g/mol. The molecule has 0 bridgehead atoms. The van der Waals surface area contributed by atoms with Crippen molar-refractivity contribution in [1.82, 2.24) is 9.47 Å². The van der Waals surface area contributed by atoms with Crippen LogP contribution in [0.15, 0.2) is 30.3 Å². The molecule has 2 aromatic rings. The molecule has 1 N–H and O–H groups in total. The fourth-order valence-corrected chi connectivity index (χ4v) is 3.69. The lowest BCUT2D eigenvalue weighted by Gasteiger charge is -2.39. The van der Waals surface area contributed by atoms with Gasteiger partial charge in [0.2, 0.25) is 0 Å². The number of ether oxygens (including phenoxy) is 2. The monoisotopic (exact) mass is 357 g/mol. The van der Waals surface area contributed by atoms with Crippen LogP contribution in [0.25, 0.3) is 0 Å². The number of aryl methyl sites for hydroxylation is 1. The first-order valence-corrected chi connectivity index (χ1v) is 8.92. The number of methoxy groups -OCH3 is 2. The van der Waals surface area contributed by atoms with Crippen LogP contribution in [0.1, 0.15) is 31.3 Å². The summed E-state index contributed by atoms with van der Waals surface area (Å²) in [6.07, 6.45) is 0. The van der Waals surface area contributed by atoms with Gasteiger partial charge in [0.15, 0.2) is 0 Å². The lowest BCUT2D eigenvalue weighted by molar-refractivity contribution is 0.143. The summed E-state index contributed by atoms with van der Waals surface area (Å²) in [5.74, 6) is 1.59. The molecule has 0 saturated heterocycles. The van der Waals surface area contributed by atoms with Crippen molar-refractivity contribution in [3.63, 3.8) is 0 Å². The third-order valence-corrected chi connectivity index (χ3v) is 4.98. The van der Waals surface area contributed by atoms with Gasteiger partial charge in [0.1, 0.15) is 11.5 Å². The Morgan fingerprint density at radius 2 is 1.92 bits per heavy atom. The smallest absolute Gasteiger partial charge is 0.322 e. The van der Waals surface area contributed by atoms with Crippen LogP contribution in [-0.2, 0) is 6.54 Å². The molecule has 0 fully saturated rings. The van der Waals surface area contributed by atoms with E-state index in [0.717, 1.165) is 6.54 Å². The molecule has 0 radical (unpaired) electrons. The molecule has 2 heterocycles. The van der Waals surface area contributed by atoms with Gasteiger partial charge in [-0.05, 0) is 37.1 Å². The Kier molecular flexibility index (Phi) is 5.11. The summed E-state index contributed by atoms with van der Waals surface area (Å²) in [6, 6.07) is 9.54. The molecule has 1 aromatic carbocycles. The first-order valence-electron chi connectivity index (χ1n) is 8.92. The minimum absolute atomic E-state index is 0.0362.